The normalized spacial score (nSPS) is 9.56. The van der Waals surface area contributed by atoms with Gasteiger partial charge in [-0.25, -0.2) is 9.78 Å². The fraction of sp³-hybridized carbons (Fsp3) is 0.308. The summed E-state index contributed by atoms with van der Waals surface area (Å²) in [5.74, 6) is 1.10. The number of aromatic carboxylic acids is 1. The van der Waals surface area contributed by atoms with Crippen molar-refractivity contribution in [1.82, 2.24) is 10.3 Å². The van der Waals surface area contributed by atoms with E-state index in [0.29, 0.717) is 25.1 Å². The first-order valence-corrected chi connectivity index (χ1v) is 5.49. The number of aryl methyl sites for hydroxylation is 1. The second-order valence-corrected chi connectivity index (χ2v) is 3.70. The van der Waals surface area contributed by atoms with Crippen molar-refractivity contribution in [3.63, 3.8) is 0 Å². The third kappa shape index (κ3) is 3.59. The number of hydrogen-bond donors (Lipinski definition) is 2. The number of nitrogens with zero attached hydrogens (tertiary/aromatic N) is 1. The number of hydrogen-bond acceptors (Lipinski definition) is 3. The summed E-state index contributed by atoms with van der Waals surface area (Å²) in [6, 6.07) is 2.77. The molecular formula is C13H14N2O3. The molecule has 1 rings (SSSR count). The maximum atomic E-state index is 11.7. The zero-order chi connectivity index (χ0) is 13.5. The molecule has 0 aliphatic carbocycles. The lowest BCUT2D eigenvalue weighted by molar-refractivity contribution is 0.0694. The molecule has 2 N–H and O–H groups in total. The van der Waals surface area contributed by atoms with E-state index >= 15 is 0 Å². The van der Waals surface area contributed by atoms with Crippen molar-refractivity contribution >= 4 is 11.9 Å². The molecule has 1 aromatic heterocycles. The lowest BCUT2D eigenvalue weighted by Gasteiger charge is -2.05. The number of rotatable bonds is 5. The van der Waals surface area contributed by atoms with Crippen LogP contribution in [0.4, 0.5) is 0 Å². The summed E-state index contributed by atoms with van der Waals surface area (Å²) in [5.41, 5.74) is 0.621. The van der Waals surface area contributed by atoms with Crippen LogP contribution in [0.25, 0.3) is 0 Å². The summed E-state index contributed by atoms with van der Waals surface area (Å²) in [5, 5.41) is 11.5. The lowest BCUT2D eigenvalue weighted by atomic mass is 10.2. The molecule has 0 aliphatic heterocycles. The fourth-order valence-corrected chi connectivity index (χ4v) is 1.40. The van der Waals surface area contributed by atoms with E-state index < -0.39 is 5.97 Å². The topological polar surface area (TPSA) is 79.3 Å². The number of amides is 1. The Morgan fingerprint density at radius 2 is 2.22 bits per heavy atom. The van der Waals surface area contributed by atoms with Gasteiger partial charge in [0, 0.05) is 13.0 Å². The van der Waals surface area contributed by atoms with Crippen LogP contribution in [0.15, 0.2) is 12.1 Å². The van der Waals surface area contributed by atoms with Gasteiger partial charge < -0.3 is 10.4 Å². The first kappa shape index (κ1) is 13.7. The number of pyridine rings is 1. The summed E-state index contributed by atoms with van der Waals surface area (Å²) in [6.07, 6.45) is 6.40. The van der Waals surface area contributed by atoms with Crippen LogP contribution in [0.5, 0.6) is 0 Å². The van der Waals surface area contributed by atoms with Crippen molar-refractivity contribution in [2.24, 2.45) is 0 Å². The molecule has 0 bridgehead atoms. The van der Waals surface area contributed by atoms with Gasteiger partial charge in [0.15, 0.2) is 0 Å². The smallest absolute Gasteiger partial charge is 0.337 e. The van der Waals surface area contributed by atoms with Crippen LogP contribution < -0.4 is 5.32 Å². The van der Waals surface area contributed by atoms with Crippen LogP contribution in [-0.2, 0) is 0 Å². The van der Waals surface area contributed by atoms with E-state index in [0.717, 1.165) is 0 Å². The van der Waals surface area contributed by atoms with Gasteiger partial charge in [0.25, 0.3) is 5.91 Å². The Morgan fingerprint density at radius 3 is 2.78 bits per heavy atom. The maximum Gasteiger partial charge on any atom is 0.337 e. The average molecular weight is 246 g/mol. The van der Waals surface area contributed by atoms with E-state index in [9.17, 15) is 9.59 Å². The molecule has 0 aliphatic rings. The Kier molecular flexibility index (Phi) is 4.88. The SMILES string of the molecule is C#CCCCNC(=O)c1ccc(C(=O)O)c(C)n1. The number of nitrogens with one attached hydrogen (secondary N) is 1. The Balaban J connectivity index is 2.67. The van der Waals surface area contributed by atoms with Crippen LogP contribution in [0.3, 0.4) is 0 Å². The average Bonchev–Trinajstić information content (AvgIpc) is 2.33. The molecular weight excluding hydrogens is 232 g/mol. The van der Waals surface area contributed by atoms with Gasteiger partial charge in [-0.3, -0.25) is 4.79 Å². The number of carbonyl (C=O) groups is 2. The van der Waals surface area contributed by atoms with E-state index in [-0.39, 0.29) is 17.2 Å². The van der Waals surface area contributed by atoms with Crippen molar-refractivity contribution in [3.8, 4) is 12.3 Å². The number of carboxylic acids is 1. The van der Waals surface area contributed by atoms with Crippen molar-refractivity contribution in [1.29, 1.82) is 0 Å². The molecule has 1 aromatic rings. The van der Waals surface area contributed by atoms with Crippen molar-refractivity contribution in [3.05, 3.63) is 29.1 Å². The van der Waals surface area contributed by atoms with E-state index in [1.807, 2.05) is 0 Å². The predicted octanol–water partition coefficient (Wildman–Crippen LogP) is 1.23. The van der Waals surface area contributed by atoms with Gasteiger partial charge in [0.05, 0.1) is 11.3 Å². The summed E-state index contributed by atoms with van der Waals surface area (Å²) in [6.45, 7) is 2.03. The highest BCUT2D eigenvalue weighted by atomic mass is 16.4. The second kappa shape index (κ2) is 6.40. The third-order valence-electron chi connectivity index (χ3n) is 2.33. The van der Waals surface area contributed by atoms with E-state index in [4.69, 9.17) is 11.5 Å². The molecule has 5 nitrogen and oxygen atoms in total. The monoisotopic (exact) mass is 246 g/mol. The third-order valence-corrected chi connectivity index (χ3v) is 2.33. The Labute approximate surface area is 105 Å². The highest BCUT2D eigenvalue weighted by molar-refractivity contribution is 5.94. The molecule has 0 unspecified atom stereocenters. The minimum absolute atomic E-state index is 0.0962. The Morgan fingerprint density at radius 1 is 1.50 bits per heavy atom. The van der Waals surface area contributed by atoms with Crippen molar-refractivity contribution in [2.75, 3.05) is 6.54 Å². The Hall–Kier alpha value is -2.35. The van der Waals surface area contributed by atoms with Crippen LogP contribution in [0, 0.1) is 19.3 Å². The zero-order valence-corrected chi connectivity index (χ0v) is 10.1. The van der Waals surface area contributed by atoms with Crippen molar-refractivity contribution < 1.29 is 14.7 Å². The quantitative estimate of drug-likeness (QED) is 0.605. The largest absolute Gasteiger partial charge is 0.478 e. The molecule has 5 heteroatoms. The molecule has 0 spiro atoms. The van der Waals surface area contributed by atoms with Gasteiger partial charge >= 0.3 is 5.97 Å². The molecule has 1 amide bonds. The highest BCUT2D eigenvalue weighted by Gasteiger charge is 2.12. The van der Waals surface area contributed by atoms with Gasteiger partial charge in [0.2, 0.25) is 0 Å². The number of unbranched alkanes of at least 4 members (excludes halogenated alkanes) is 1. The number of terminal acetylenes is 1. The highest BCUT2D eigenvalue weighted by Crippen LogP contribution is 2.06. The molecule has 1 heterocycles. The second-order valence-electron chi connectivity index (χ2n) is 3.70. The van der Waals surface area contributed by atoms with Crippen LogP contribution >= 0.6 is 0 Å². The minimum Gasteiger partial charge on any atom is -0.478 e. The molecule has 0 atom stereocenters. The molecule has 0 saturated heterocycles. The van der Waals surface area contributed by atoms with Crippen LogP contribution in [-0.4, -0.2) is 28.5 Å². The van der Waals surface area contributed by atoms with Gasteiger partial charge in [-0.15, -0.1) is 12.3 Å². The minimum atomic E-state index is -1.05. The summed E-state index contributed by atoms with van der Waals surface area (Å²) >= 11 is 0. The van der Waals surface area contributed by atoms with Gasteiger partial charge in [-0.1, -0.05) is 0 Å². The van der Waals surface area contributed by atoms with Crippen LogP contribution in [0.1, 0.15) is 39.4 Å². The van der Waals surface area contributed by atoms with E-state index in [1.54, 1.807) is 6.92 Å². The van der Waals surface area contributed by atoms with Crippen LogP contribution in [0.2, 0.25) is 0 Å². The number of aromatic nitrogens is 1. The van der Waals surface area contributed by atoms with E-state index in [2.05, 4.69) is 16.2 Å². The Bertz CT molecular complexity index is 503. The fourth-order valence-electron chi connectivity index (χ4n) is 1.40. The predicted molar refractivity (Wildman–Crippen MR) is 66.3 cm³/mol. The standard InChI is InChI=1S/C13H14N2O3/c1-3-4-5-8-14-12(16)11-7-6-10(13(17)18)9(2)15-11/h1,6-7H,4-5,8H2,2H3,(H,14,16)(H,17,18). The lowest BCUT2D eigenvalue weighted by Crippen LogP contribution is -2.25. The van der Waals surface area contributed by atoms with Crippen molar-refractivity contribution in [2.45, 2.75) is 19.8 Å². The molecule has 0 radical (unpaired) electrons. The number of carboxylic acid groups (broad SMARTS) is 1. The molecule has 18 heavy (non-hydrogen) atoms. The van der Waals surface area contributed by atoms with E-state index in [1.165, 1.54) is 12.1 Å². The van der Waals surface area contributed by atoms with Gasteiger partial charge in [-0.2, -0.15) is 0 Å². The maximum absolute atomic E-state index is 11.7. The molecule has 94 valence electrons. The summed E-state index contributed by atoms with van der Waals surface area (Å²) in [4.78, 5) is 26.4. The zero-order valence-electron chi connectivity index (χ0n) is 10.1. The molecule has 0 fully saturated rings. The number of carbonyl (C=O) groups excluding carboxylic acids is 1. The first-order chi connectivity index (χ1) is 8.56. The first-order valence-electron chi connectivity index (χ1n) is 5.49. The van der Waals surface area contributed by atoms with Gasteiger partial charge in [-0.05, 0) is 25.5 Å². The summed E-state index contributed by atoms with van der Waals surface area (Å²) < 4.78 is 0. The molecule has 0 saturated carbocycles. The van der Waals surface area contributed by atoms with Gasteiger partial charge in [0.1, 0.15) is 5.69 Å². The molecule has 0 aromatic carbocycles. The summed E-state index contributed by atoms with van der Waals surface area (Å²) in [7, 11) is 0.